The van der Waals surface area contributed by atoms with Crippen molar-refractivity contribution in [3.05, 3.63) is 78.4 Å². The number of rotatable bonds is 10. The van der Waals surface area contributed by atoms with Crippen molar-refractivity contribution >= 4 is 30.0 Å². The fourth-order valence-electron chi connectivity index (χ4n) is 3.00. The van der Waals surface area contributed by atoms with Gasteiger partial charge in [-0.3, -0.25) is 4.79 Å². The predicted molar refractivity (Wildman–Crippen MR) is 131 cm³/mol. The first kappa shape index (κ1) is 22.7. The third-order valence-electron chi connectivity index (χ3n) is 4.81. The van der Waals surface area contributed by atoms with Gasteiger partial charge < -0.3 is 21.7 Å². The van der Waals surface area contributed by atoms with E-state index in [0.29, 0.717) is 24.7 Å². The van der Waals surface area contributed by atoms with Crippen LogP contribution in [0.3, 0.4) is 0 Å². The average Bonchev–Trinajstić information content (AvgIpc) is 2.82. The van der Waals surface area contributed by atoms with Gasteiger partial charge in [-0.15, -0.1) is 0 Å². The second kappa shape index (κ2) is 11.4. The number of anilines is 2. The van der Waals surface area contributed by atoms with Crippen LogP contribution in [0.4, 0.5) is 11.5 Å². The SMILES string of the molecule is C[C@@H](Nc1nc(-c2ccccc2)ccc1NCC(N)CS)C(=O)NCc1ccccc1. The summed E-state index contributed by atoms with van der Waals surface area (Å²) in [5, 5.41) is 9.53. The predicted octanol–water partition coefficient (Wildman–Crippen LogP) is 3.53. The Hall–Kier alpha value is -3.03. The topological polar surface area (TPSA) is 92.1 Å². The molecule has 1 amide bonds. The van der Waals surface area contributed by atoms with Crippen LogP contribution in [0, 0.1) is 0 Å². The number of hydrogen-bond donors (Lipinski definition) is 5. The van der Waals surface area contributed by atoms with Crippen molar-refractivity contribution in [3.8, 4) is 11.3 Å². The number of amides is 1. The summed E-state index contributed by atoms with van der Waals surface area (Å²) < 4.78 is 0. The van der Waals surface area contributed by atoms with Crippen molar-refractivity contribution in [2.75, 3.05) is 22.9 Å². The number of hydrogen-bond acceptors (Lipinski definition) is 6. The minimum Gasteiger partial charge on any atom is -0.380 e. The molecule has 0 aliphatic rings. The number of carbonyl (C=O) groups excluding carboxylic acids is 1. The van der Waals surface area contributed by atoms with Gasteiger partial charge in [-0.25, -0.2) is 4.98 Å². The van der Waals surface area contributed by atoms with Crippen LogP contribution in [0.15, 0.2) is 72.8 Å². The molecule has 0 fully saturated rings. The van der Waals surface area contributed by atoms with Gasteiger partial charge in [0, 0.05) is 30.4 Å². The molecule has 1 aromatic heterocycles. The van der Waals surface area contributed by atoms with Crippen LogP contribution in [0.25, 0.3) is 11.3 Å². The zero-order valence-corrected chi connectivity index (χ0v) is 18.5. The number of nitrogens with two attached hydrogens (primary N) is 1. The van der Waals surface area contributed by atoms with Crippen molar-refractivity contribution in [1.29, 1.82) is 0 Å². The highest BCUT2D eigenvalue weighted by Crippen LogP contribution is 2.26. The highest BCUT2D eigenvalue weighted by atomic mass is 32.1. The summed E-state index contributed by atoms with van der Waals surface area (Å²) in [5.74, 6) is 1.08. The number of thiol groups is 1. The fourth-order valence-corrected chi connectivity index (χ4v) is 3.12. The average molecular weight is 436 g/mol. The van der Waals surface area contributed by atoms with Gasteiger partial charge in [-0.1, -0.05) is 60.7 Å². The Kier molecular flexibility index (Phi) is 8.32. The van der Waals surface area contributed by atoms with Gasteiger partial charge in [0.2, 0.25) is 5.91 Å². The van der Waals surface area contributed by atoms with Gasteiger partial charge in [-0.05, 0) is 24.6 Å². The monoisotopic (exact) mass is 435 g/mol. The lowest BCUT2D eigenvalue weighted by Crippen LogP contribution is -2.37. The first-order valence-corrected chi connectivity index (χ1v) is 10.9. The van der Waals surface area contributed by atoms with Gasteiger partial charge in [0.1, 0.15) is 6.04 Å². The van der Waals surface area contributed by atoms with E-state index >= 15 is 0 Å². The maximum absolute atomic E-state index is 12.6. The number of aromatic nitrogens is 1. The van der Waals surface area contributed by atoms with Gasteiger partial charge in [0.25, 0.3) is 0 Å². The van der Waals surface area contributed by atoms with Crippen molar-refractivity contribution in [1.82, 2.24) is 10.3 Å². The Morgan fingerprint density at radius 1 is 1.03 bits per heavy atom. The molecular formula is C24H29N5OS. The molecule has 2 atom stereocenters. The summed E-state index contributed by atoms with van der Waals surface area (Å²) in [5.41, 5.74) is 9.66. The maximum Gasteiger partial charge on any atom is 0.242 e. The van der Waals surface area contributed by atoms with Crippen molar-refractivity contribution < 1.29 is 4.79 Å². The van der Waals surface area contributed by atoms with Crippen molar-refractivity contribution in [3.63, 3.8) is 0 Å². The summed E-state index contributed by atoms with van der Waals surface area (Å²) in [4.78, 5) is 17.4. The van der Waals surface area contributed by atoms with E-state index in [9.17, 15) is 4.79 Å². The molecule has 0 saturated carbocycles. The second-order valence-electron chi connectivity index (χ2n) is 7.35. The van der Waals surface area contributed by atoms with E-state index in [1.807, 2.05) is 79.7 Å². The third kappa shape index (κ3) is 6.73. The molecule has 6 nitrogen and oxygen atoms in total. The molecule has 0 saturated heterocycles. The van der Waals surface area contributed by atoms with Crippen LogP contribution in [0.2, 0.25) is 0 Å². The van der Waals surface area contributed by atoms with Gasteiger partial charge in [-0.2, -0.15) is 12.6 Å². The van der Waals surface area contributed by atoms with E-state index in [1.165, 1.54) is 0 Å². The molecule has 31 heavy (non-hydrogen) atoms. The number of nitrogens with one attached hydrogen (secondary N) is 3. The molecule has 1 heterocycles. The Bertz CT molecular complexity index is 968. The van der Waals surface area contributed by atoms with E-state index in [1.54, 1.807) is 0 Å². The highest BCUT2D eigenvalue weighted by Gasteiger charge is 2.16. The lowest BCUT2D eigenvalue weighted by Gasteiger charge is -2.20. The molecule has 5 N–H and O–H groups in total. The van der Waals surface area contributed by atoms with E-state index in [4.69, 9.17) is 10.7 Å². The van der Waals surface area contributed by atoms with E-state index < -0.39 is 6.04 Å². The summed E-state index contributed by atoms with van der Waals surface area (Å²) in [7, 11) is 0. The molecule has 0 spiro atoms. The zero-order chi connectivity index (χ0) is 22.1. The van der Waals surface area contributed by atoms with Crippen LogP contribution in [0.1, 0.15) is 12.5 Å². The zero-order valence-electron chi connectivity index (χ0n) is 17.6. The van der Waals surface area contributed by atoms with E-state index in [-0.39, 0.29) is 11.9 Å². The lowest BCUT2D eigenvalue weighted by molar-refractivity contribution is -0.121. The molecule has 2 aromatic carbocycles. The Morgan fingerprint density at radius 3 is 2.39 bits per heavy atom. The first-order chi connectivity index (χ1) is 15.1. The Morgan fingerprint density at radius 2 is 1.71 bits per heavy atom. The van der Waals surface area contributed by atoms with Crippen LogP contribution < -0.4 is 21.7 Å². The minimum atomic E-state index is -0.471. The second-order valence-corrected chi connectivity index (χ2v) is 7.72. The third-order valence-corrected chi connectivity index (χ3v) is 5.28. The fraction of sp³-hybridized carbons (Fsp3) is 0.250. The molecule has 3 rings (SSSR count). The normalized spacial score (nSPS) is 12.6. The largest absolute Gasteiger partial charge is 0.380 e. The van der Waals surface area contributed by atoms with Crippen LogP contribution in [-0.4, -0.2) is 35.3 Å². The summed E-state index contributed by atoms with van der Waals surface area (Å²) in [6, 6.07) is 23.1. The van der Waals surface area contributed by atoms with Gasteiger partial charge >= 0.3 is 0 Å². The molecule has 162 valence electrons. The summed E-state index contributed by atoms with van der Waals surface area (Å²) >= 11 is 4.24. The molecular weight excluding hydrogens is 406 g/mol. The number of carbonyl (C=O) groups is 1. The minimum absolute atomic E-state index is 0.0865. The summed E-state index contributed by atoms with van der Waals surface area (Å²) in [6.07, 6.45) is 0. The highest BCUT2D eigenvalue weighted by molar-refractivity contribution is 7.80. The van der Waals surface area contributed by atoms with Gasteiger partial charge in [0.15, 0.2) is 5.82 Å². The van der Waals surface area contributed by atoms with Crippen LogP contribution >= 0.6 is 12.6 Å². The van der Waals surface area contributed by atoms with Crippen LogP contribution in [0.5, 0.6) is 0 Å². The smallest absolute Gasteiger partial charge is 0.242 e. The Balaban J connectivity index is 1.74. The molecule has 7 heteroatoms. The molecule has 0 aliphatic heterocycles. The molecule has 0 radical (unpaired) electrons. The molecule has 1 unspecified atom stereocenters. The Labute approximate surface area is 189 Å². The number of pyridine rings is 1. The standard InChI is InChI=1S/C24H29N5OS/c1-17(24(30)27-14-18-8-4-2-5-9-18)28-23-22(26-15-20(25)16-31)13-12-21(29-23)19-10-6-3-7-11-19/h2-13,17,20,26,31H,14-16,25H2,1H3,(H,27,30)(H,28,29)/t17-,20?/m1/s1. The van der Waals surface area contributed by atoms with E-state index in [2.05, 4.69) is 28.6 Å². The molecule has 0 aliphatic carbocycles. The summed E-state index contributed by atoms with van der Waals surface area (Å²) in [6.45, 7) is 2.85. The van der Waals surface area contributed by atoms with E-state index in [0.717, 1.165) is 22.5 Å². The number of benzene rings is 2. The van der Waals surface area contributed by atoms with Crippen molar-refractivity contribution in [2.45, 2.75) is 25.6 Å². The molecule has 0 bridgehead atoms. The lowest BCUT2D eigenvalue weighted by atomic mass is 10.1. The first-order valence-electron chi connectivity index (χ1n) is 10.3. The van der Waals surface area contributed by atoms with Gasteiger partial charge in [0.05, 0.1) is 11.4 Å². The maximum atomic E-state index is 12.6. The van der Waals surface area contributed by atoms with Crippen molar-refractivity contribution in [2.24, 2.45) is 5.73 Å². The number of nitrogens with zero attached hydrogens (tertiary/aromatic N) is 1. The molecule has 3 aromatic rings. The quantitative estimate of drug-likeness (QED) is 0.314. The van der Waals surface area contributed by atoms with Crippen LogP contribution in [-0.2, 0) is 11.3 Å².